The average molecular weight is 346 g/mol. The van der Waals surface area contributed by atoms with Crippen LogP contribution in [0, 0.1) is 0 Å². The summed E-state index contributed by atoms with van der Waals surface area (Å²) in [4.78, 5) is 4.38. The Morgan fingerprint density at radius 3 is 2.83 bits per heavy atom. The number of aromatic nitrogens is 6. The third-order valence-corrected chi connectivity index (χ3v) is 4.26. The number of rotatable bonds is 8. The van der Waals surface area contributed by atoms with Crippen molar-refractivity contribution in [1.29, 1.82) is 0 Å². The molecule has 0 radical (unpaired) electrons. The number of ether oxygens (including phenoxy) is 1. The van der Waals surface area contributed by atoms with Crippen LogP contribution in [0.3, 0.4) is 0 Å². The molecule has 0 bridgehead atoms. The number of benzene rings is 1. The van der Waals surface area contributed by atoms with Gasteiger partial charge in [0.05, 0.1) is 18.6 Å². The maximum absolute atomic E-state index is 5.23. The molecule has 0 amide bonds. The molecule has 0 aliphatic rings. The van der Waals surface area contributed by atoms with Gasteiger partial charge in [0.25, 0.3) is 0 Å². The summed E-state index contributed by atoms with van der Waals surface area (Å²) in [6.07, 6.45) is 2.96. The molecule has 0 fully saturated rings. The van der Waals surface area contributed by atoms with Crippen LogP contribution < -0.4 is 4.74 Å². The lowest BCUT2D eigenvalue weighted by atomic mass is 10.2. The number of methoxy groups -OCH3 is 1. The van der Waals surface area contributed by atoms with E-state index in [0.717, 1.165) is 30.7 Å². The Kier molecular flexibility index (Phi) is 5.42. The van der Waals surface area contributed by atoms with E-state index in [1.165, 1.54) is 11.8 Å². The van der Waals surface area contributed by atoms with Crippen molar-refractivity contribution in [3.63, 3.8) is 0 Å². The smallest absolute Gasteiger partial charge is 0.226 e. The highest BCUT2D eigenvalue weighted by atomic mass is 32.2. The molecule has 0 spiro atoms. The van der Waals surface area contributed by atoms with Gasteiger partial charge in [0.2, 0.25) is 11.0 Å². The van der Waals surface area contributed by atoms with Gasteiger partial charge in [0.1, 0.15) is 5.75 Å². The van der Waals surface area contributed by atoms with Crippen molar-refractivity contribution >= 4 is 11.8 Å². The van der Waals surface area contributed by atoms with Gasteiger partial charge in [-0.15, -0.1) is 5.10 Å². The molecule has 0 unspecified atom stereocenters. The summed E-state index contributed by atoms with van der Waals surface area (Å²) in [5, 5.41) is 16.5. The summed E-state index contributed by atoms with van der Waals surface area (Å²) in [5.41, 5.74) is 0.861. The summed E-state index contributed by atoms with van der Waals surface area (Å²) in [5.74, 6) is 2.66. The largest absolute Gasteiger partial charge is 0.497 e. The first-order valence-corrected chi connectivity index (χ1v) is 8.65. The predicted molar refractivity (Wildman–Crippen MR) is 88.2 cm³/mol. The first-order chi connectivity index (χ1) is 11.8. The molecule has 3 aromatic rings. The van der Waals surface area contributed by atoms with Gasteiger partial charge in [-0.05, 0) is 41.1 Å². The lowest BCUT2D eigenvalue weighted by Gasteiger charge is -2.04. The van der Waals surface area contributed by atoms with Gasteiger partial charge in [-0.25, -0.2) is 0 Å². The minimum Gasteiger partial charge on any atom is -0.497 e. The highest BCUT2D eigenvalue weighted by Crippen LogP contribution is 2.22. The van der Waals surface area contributed by atoms with E-state index in [4.69, 9.17) is 9.26 Å². The fourth-order valence-electron chi connectivity index (χ4n) is 2.06. The molecule has 0 atom stereocenters. The molecule has 3 rings (SSSR count). The topological polar surface area (TPSA) is 91.8 Å². The molecule has 2 aromatic heterocycles. The third-order valence-electron chi connectivity index (χ3n) is 3.34. The van der Waals surface area contributed by atoms with Crippen molar-refractivity contribution in [3.8, 4) is 11.4 Å². The molecule has 2 heterocycles. The van der Waals surface area contributed by atoms with Crippen LogP contribution in [0.4, 0.5) is 0 Å². The van der Waals surface area contributed by atoms with Crippen molar-refractivity contribution in [2.75, 3.05) is 7.11 Å². The number of aryl methyl sites for hydroxylation is 1. The summed E-state index contributed by atoms with van der Waals surface area (Å²) in [6, 6.07) is 7.53. The third kappa shape index (κ3) is 3.91. The molecule has 0 saturated carbocycles. The molecular formula is C15H18N6O2S. The summed E-state index contributed by atoms with van der Waals surface area (Å²) < 4.78 is 12.1. The Hall–Kier alpha value is -2.42. The van der Waals surface area contributed by atoms with Crippen LogP contribution in [0.25, 0.3) is 5.69 Å². The van der Waals surface area contributed by atoms with E-state index in [1.54, 1.807) is 11.8 Å². The molecule has 0 aliphatic carbocycles. The Morgan fingerprint density at radius 1 is 1.25 bits per heavy atom. The number of thioether (sulfide) groups is 1. The fraction of sp³-hybridized carbons (Fsp3) is 0.400. The van der Waals surface area contributed by atoms with E-state index in [1.807, 2.05) is 24.3 Å². The summed E-state index contributed by atoms with van der Waals surface area (Å²) in [6.45, 7) is 2.13. The van der Waals surface area contributed by atoms with Crippen molar-refractivity contribution in [2.24, 2.45) is 0 Å². The Balaban J connectivity index is 1.66. The van der Waals surface area contributed by atoms with Crippen molar-refractivity contribution < 1.29 is 9.26 Å². The monoisotopic (exact) mass is 346 g/mol. The second kappa shape index (κ2) is 7.91. The number of hydrogen-bond acceptors (Lipinski definition) is 8. The van der Waals surface area contributed by atoms with Crippen molar-refractivity contribution in [1.82, 2.24) is 30.3 Å². The first kappa shape index (κ1) is 16.4. The van der Waals surface area contributed by atoms with E-state index in [-0.39, 0.29) is 0 Å². The first-order valence-electron chi connectivity index (χ1n) is 7.67. The van der Waals surface area contributed by atoms with E-state index in [0.29, 0.717) is 22.6 Å². The van der Waals surface area contributed by atoms with Gasteiger partial charge in [-0.2, -0.15) is 9.67 Å². The van der Waals surface area contributed by atoms with Gasteiger partial charge in [0.15, 0.2) is 5.82 Å². The van der Waals surface area contributed by atoms with E-state index >= 15 is 0 Å². The zero-order valence-electron chi connectivity index (χ0n) is 13.5. The minimum absolute atomic E-state index is 0.548. The predicted octanol–water partition coefficient (Wildman–Crippen LogP) is 2.69. The SMILES string of the molecule is CCCCc1nc(CSc2nnnn2-c2ccc(OC)cc2)no1. The maximum Gasteiger partial charge on any atom is 0.226 e. The van der Waals surface area contributed by atoms with Crippen LogP contribution in [0.5, 0.6) is 5.75 Å². The molecule has 9 heteroatoms. The van der Waals surface area contributed by atoms with Crippen LogP contribution in [0.15, 0.2) is 33.9 Å². The highest BCUT2D eigenvalue weighted by molar-refractivity contribution is 7.98. The standard InChI is InChI=1S/C15H18N6O2S/c1-3-4-5-14-16-13(18-23-14)10-24-15-17-19-20-21(15)11-6-8-12(22-2)9-7-11/h6-9H,3-5,10H2,1-2H3. The zero-order chi connectivity index (χ0) is 16.8. The lowest BCUT2D eigenvalue weighted by molar-refractivity contribution is 0.371. The summed E-state index contributed by atoms with van der Waals surface area (Å²) in [7, 11) is 1.63. The number of tetrazole rings is 1. The van der Waals surface area contributed by atoms with Crippen LogP contribution in [-0.4, -0.2) is 37.5 Å². The van der Waals surface area contributed by atoms with Gasteiger partial charge in [0, 0.05) is 6.42 Å². The zero-order valence-corrected chi connectivity index (χ0v) is 14.4. The van der Waals surface area contributed by atoms with Gasteiger partial charge in [-0.3, -0.25) is 0 Å². The average Bonchev–Trinajstić information content (AvgIpc) is 3.27. The molecule has 126 valence electrons. The van der Waals surface area contributed by atoms with Crippen LogP contribution in [-0.2, 0) is 12.2 Å². The van der Waals surface area contributed by atoms with E-state index in [2.05, 4.69) is 32.6 Å². The second-order valence-corrected chi connectivity index (χ2v) is 6.01. The normalized spacial score (nSPS) is 10.9. The minimum atomic E-state index is 0.548. The highest BCUT2D eigenvalue weighted by Gasteiger charge is 2.12. The second-order valence-electron chi connectivity index (χ2n) is 5.07. The van der Waals surface area contributed by atoms with Crippen LogP contribution in [0.2, 0.25) is 0 Å². The molecule has 24 heavy (non-hydrogen) atoms. The Labute approximate surface area is 143 Å². The van der Waals surface area contributed by atoms with Gasteiger partial charge < -0.3 is 9.26 Å². The van der Waals surface area contributed by atoms with E-state index < -0.39 is 0 Å². The number of nitrogens with zero attached hydrogens (tertiary/aromatic N) is 6. The molecule has 8 nitrogen and oxygen atoms in total. The molecule has 1 aromatic carbocycles. The maximum atomic E-state index is 5.23. The van der Waals surface area contributed by atoms with Crippen LogP contribution in [0.1, 0.15) is 31.5 Å². The van der Waals surface area contributed by atoms with Crippen molar-refractivity contribution in [3.05, 3.63) is 36.0 Å². The lowest BCUT2D eigenvalue weighted by Crippen LogP contribution is -1.99. The number of hydrogen-bond donors (Lipinski definition) is 0. The van der Waals surface area contributed by atoms with Gasteiger partial charge in [-0.1, -0.05) is 30.3 Å². The molecule has 0 N–H and O–H groups in total. The number of unbranched alkanes of at least 4 members (excludes halogenated alkanes) is 1. The van der Waals surface area contributed by atoms with E-state index in [9.17, 15) is 0 Å². The quantitative estimate of drug-likeness (QED) is 0.575. The molecule has 0 aliphatic heterocycles. The fourth-order valence-corrected chi connectivity index (χ4v) is 2.80. The van der Waals surface area contributed by atoms with Crippen LogP contribution >= 0.6 is 11.8 Å². The molecular weight excluding hydrogens is 328 g/mol. The Bertz CT molecular complexity index is 770. The Morgan fingerprint density at radius 2 is 2.08 bits per heavy atom. The van der Waals surface area contributed by atoms with Gasteiger partial charge >= 0.3 is 0 Å². The van der Waals surface area contributed by atoms with Crippen molar-refractivity contribution in [2.45, 2.75) is 37.1 Å². The molecule has 0 saturated heterocycles. The summed E-state index contributed by atoms with van der Waals surface area (Å²) >= 11 is 1.46.